The van der Waals surface area contributed by atoms with Crippen molar-refractivity contribution >= 4 is 47.2 Å². The Bertz CT molecular complexity index is 1590. The van der Waals surface area contributed by atoms with E-state index in [-0.39, 0.29) is 44.6 Å². The summed E-state index contributed by atoms with van der Waals surface area (Å²) in [6.45, 7) is 5.46. The molecule has 3 rings (SSSR count). The Hall–Kier alpha value is -4.92. The highest BCUT2D eigenvalue weighted by atomic mass is 32.2. The summed E-state index contributed by atoms with van der Waals surface area (Å²) in [6.07, 6.45) is 2.80. The van der Waals surface area contributed by atoms with E-state index in [1.807, 2.05) is 68.6 Å². The molecular weight excluding hydrogens is 687 g/mol. The van der Waals surface area contributed by atoms with Gasteiger partial charge in [-0.2, -0.15) is 11.8 Å². The highest BCUT2D eigenvalue weighted by Gasteiger charge is 2.41. The Morgan fingerprint density at radius 1 is 0.865 bits per heavy atom. The minimum atomic E-state index is -1.12. The maximum absolute atomic E-state index is 13.9. The van der Waals surface area contributed by atoms with Crippen LogP contribution in [-0.2, 0) is 41.6 Å². The number of benzene rings is 2. The summed E-state index contributed by atoms with van der Waals surface area (Å²) in [4.78, 5) is 84.1. The van der Waals surface area contributed by atoms with Crippen molar-refractivity contribution in [1.29, 1.82) is 0 Å². The molecule has 0 bridgehead atoms. The van der Waals surface area contributed by atoms with Crippen molar-refractivity contribution in [2.45, 2.75) is 89.1 Å². The number of nitrogens with one attached hydrogen (secondary N) is 4. The van der Waals surface area contributed by atoms with Gasteiger partial charge >= 0.3 is 0 Å². The largest absolute Gasteiger partial charge is 0.344 e. The van der Waals surface area contributed by atoms with Crippen molar-refractivity contribution < 1.29 is 28.8 Å². The predicted octanol–water partition coefficient (Wildman–Crippen LogP) is 2.00. The zero-order chi connectivity index (χ0) is 38.2. The van der Waals surface area contributed by atoms with Crippen molar-refractivity contribution in [2.24, 2.45) is 16.8 Å². The molecule has 0 aromatic heterocycles. The van der Waals surface area contributed by atoms with Crippen LogP contribution in [0, 0.1) is 5.92 Å². The van der Waals surface area contributed by atoms with Gasteiger partial charge < -0.3 is 31.9 Å². The molecule has 2 aromatic rings. The van der Waals surface area contributed by atoms with E-state index in [1.165, 1.54) is 23.6 Å². The van der Waals surface area contributed by atoms with Gasteiger partial charge in [-0.1, -0.05) is 74.5 Å². The fraction of sp³-hybridized carbons (Fsp3) is 0.500. The van der Waals surface area contributed by atoms with Crippen LogP contribution in [0.25, 0.3) is 10.4 Å². The first-order chi connectivity index (χ1) is 24.8. The summed E-state index contributed by atoms with van der Waals surface area (Å²) >= 11 is 1.46. The number of carbonyl (C=O) groups excluding carboxylic acids is 6. The van der Waals surface area contributed by atoms with Crippen LogP contribution in [-0.4, -0.2) is 95.1 Å². The zero-order valence-electron chi connectivity index (χ0n) is 30.0. The third kappa shape index (κ3) is 12.7. The van der Waals surface area contributed by atoms with E-state index in [1.54, 1.807) is 12.1 Å². The molecule has 1 aliphatic rings. The lowest BCUT2D eigenvalue weighted by Crippen LogP contribution is -2.58. The van der Waals surface area contributed by atoms with Gasteiger partial charge in [-0.3, -0.25) is 28.8 Å². The molecule has 1 fully saturated rings. The average molecular weight is 736 g/mol. The SMILES string of the molecule is CSCC[C@H](NC(=O)[C@H](CC(C)C)N1CC[C@@H](NC(=O)[C@H](Cc2ccccc2)NC(=O)[C@H](Cc2ccccc2)NC(=O)[C@@H](C)N)C1=O)C(=O)N=[N+]=[N-]. The van der Waals surface area contributed by atoms with Crippen LogP contribution in [0.5, 0.6) is 0 Å². The molecule has 6 amide bonds. The van der Waals surface area contributed by atoms with Gasteiger partial charge in [-0.25, -0.2) is 0 Å². The number of nitrogens with zero attached hydrogens (tertiary/aromatic N) is 4. The Morgan fingerprint density at radius 2 is 1.40 bits per heavy atom. The molecule has 1 aliphatic heterocycles. The molecule has 2 aromatic carbocycles. The van der Waals surface area contributed by atoms with Crippen LogP contribution < -0.4 is 27.0 Å². The third-order valence-electron chi connectivity index (χ3n) is 8.54. The molecule has 1 heterocycles. The normalized spacial score (nSPS) is 16.8. The van der Waals surface area contributed by atoms with Gasteiger partial charge in [0, 0.05) is 24.3 Å². The molecule has 6 atom stereocenters. The summed E-state index contributed by atoms with van der Waals surface area (Å²) < 4.78 is 0. The standard InChI is InChI=1S/C36H49N9O6S/c1-22(2)19-30(35(50)39-26(16-18-52-4)34(49)43-44-38)45-17-15-27(36(45)51)40-32(47)29(21-25-13-9-6-10-14-25)42-33(48)28(41-31(46)23(3)37)20-24-11-7-5-8-12-24/h5-14,22-23,26-30H,15-21,37H2,1-4H3,(H,39,50)(H,40,47)(H,41,46)(H,42,48)/t23-,26+,27-,28+,29+,30+/m1/s1. The lowest BCUT2D eigenvalue weighted by molar-refractivity contribution is -0.141. The number of likely N-dealkylation sites (tertiary alicyclic amines) is 1. The molecule has 0 radical (unpaired) electrons. The highest BCUT2D eigenvalue weighted by molar-refractivity contribution is 7.98. The van der Waals surface area contributed by atoms with E-state index in [9.17, 15) is 28.8 Å². The monoisotopic (exact) mass is 735 g/mol. The molecule has 280 valence electrons. The molecule has 16 heteroatoms. The fourth-order valence-corrected chi connectivity index (χ4v) is 6.28. The zero-order valence-corrected chi connectivity index (χ0v) is 30.8. The van der Waals surface area contributed by atoms with E-state index >= 15 is 0 Å². The molecule has 1 saturated heterocycles. The highest BCUT2D eigenvalue weighted by Crippen LogP contribution is 2.21. The van der Waals surface area contributed by atoms with Crippen LogP contribution in [0.1, 0.15) is 51.2 Å². The molecule has 0 saturated carbocycles. The van der Waals surface area contributed by atoms with E-state index in [0.29, 0.717) is 5.75 Å². The van der Waals surface area contributed by atoms with Gasteiger partial charge in [-0.05, 0) is 65.9 Å². The van der Waals surface area contributed by atoms with Crippen molar-refractivity contribution in [3.8, 4) is 0 Å². The second-order valence-corrected chi connectivity index (χ2v) is 14.2. The van der Waals surface area contributed by atoms with Gasteiger partial charge in [0.15, 0.2) is 0 Å². The summed E-state index contributed by atoms with van der Waals surface area (Å²) in [5.41, 5.74) is 16.1. The predicted molar refractivity (Wildman–Crippen MR) is 198 cm³/mol. The quantitative estimate of drug-likeness (QED) is 0.0812. The maximum atomic E-state index is 13.9. The summed E-state index contributed by atoms with van der Waals surface area (Å²) in [6, 6.07) is 12.1. The van der Waals surface area contributed by atoms with E-state index in [4.69, 9.17) is 11.3 Å². The fourth-order valence-electron chi connectivity index (χ4n) is 5.81. The van der Waals surface area contributed by atoms with Crippen LogP contribution >= 0.6 is 11.8 Å². The number of carbonyl (C=O) groups is 6. The minimum absolute atomic E-state index is 0.00767. The van der Waals surface area contributed by atoms with E-state index in [2.05, 4.69) is 31.3 Å². The molecule has 15 nitrogen and oxygen atoms in total. The van der Waals surface area contributed by atoms with Gasteiger partial charge in [0.1, 0.15) is 24.2 Å². The average Bonchev–Trinajstić information content (AvgIpc) is 3.47. The number of hydrogen-bond donors (Lipinski definition) is 5. The number of amides is 6. The number of thioether (sulfide) groups is 1. The van der Waals surface area contributed by atoms with Crippen LogP contribution in [0.15, 0.2) is 65.8 Å². The van der Waals surface area contributed by atoms with Crippen molar-refractivity contribution in [2.75, 3.05) is 18.6 Å². The maximum Gasteiger partial charge on any atom is 0.245 e. The van der Waals surface area contributed by atoms with Gasteiger partial charge in [0.05, 0.1) is 12.1 Å². The smallest absolute Gasteiger partial charge is 0.245 e. The third-order valence-corrected chi connectivity index (χ3v) is 9.19. The van der Waals surface area contributed by atoms with E-state index in [0.717, 1.165) is 11.1 Å². The van der Waals surface area contributed by atoms with Crippen molar-refractivity contribution in [3.63, 3.8) is 0 Å². The molecule has 52 heavy (non-hydrogen) atoms. The first-order valence-corrected chi connectivity index (χ1v) is 18.7. The Labute approximate surface area is 308 Å². The molecule has 0 spiro atoms. The number of nitrogens with two attached hydrogens (primary N) is 1. The number of azide groups is 1. The number of rotatable bonds is 19. The van der Waals surface area contributed by atoms with Crippen LogP contribution in [0.3, 0.4) is 0 Å². The molecule has 6 N–H and O–H groups in total. The van der Waals surface area contributed by atoms with Crippen molar-refractivity contribution in [3.05, 3.63) is 82.2 Å². The van der Waals surface area contributed by atoms with Gasteiger partial charge in [0.25, 0.3) is 0 Å². The minimum Gasteiger partial charge on any atom is -0.344 e. The first kappa shape index (κ1) is 41.5. The van der Waals surface area contributed by atoms with Crippen LogP contribution in [0.2, 0.25) is 0 Å². The second-order valence-electron chi connectivity index (χ2n) is 13.2. The lowest BCUT2D eigenvalue weighted by atomic mass is 10.0. The molecular formula is C36H49N9O6S. The van der Waals surface area contributed by atoms with Crippen molar-refractivity contribution in [1.82, 2.24) is 26.2 Å². The lowest BCUT2D eigenvalue weighted by Gasteiger charge is -2.30. The van der Waals surface area contributed by atoms with Gasteiger partial charge in [-0.15, -0.1) is 0 Å². The molecule has 0 aliphatic carbocycles. The Kier molecular flexibility index (Phi) is 16.6. The molecule has 0 unspecified atom stereocenters. The van der Waals surface area contributed by atoms with Gasteiger partial charge in [0.2, 0.25) is 35.4 Å². The number of hydrogen-bond acceptors (Lipinski definition) is 8. The topological polar surface area (TPSA) is 229 Å². The summed E-state index contributed by atoms with van der Waals surface area (Å²) in [5.74, 6) is -3.09. The summed E-state index contributed by atoms with van der Waals surface area (Å²) in [7, 11) is 0. The Morgan fingerprint density at radius 3 is 1.92 bits per heavy atom. The summed E-state index contributed by atoms with van der Waals surface area (Å²) in [5, 5.41) is 14.1. The van der Waals surface area contributed by atoms with E-state index < -0.39 is 71.7 Å². The Balaban J connectivity index is 1.81. The van der Waals surface area contributed by atoms with Crippen LogP contribution in [0.4, 0.5) is 0 Å². The first-order valence-electron chi connectivity index (χ1n) is 17.3. The second kappa shape index (κ2) is 20.8.